The molecule has 0 unspecified atom stereocenters. The number of benzene rings is 1. The molecule has 0 amide bonds. The Bertz CT molecular complexity index is 483. The first kappa shape index (κ1) is 12.2. The lowest BCUT2D eigenvalue weighted by atomic mass is 10.2. The highest BCUT2D eigenvalue weighted by Crippen LogP contribution is 2.17. The van der Waals surface area contributed by atoms with Crippen molar-refractivity contribution < 1.29 is 0 Å². The molecule has 1 N–H and O–H groups in total. The maximum absolute atomic E-state index is 3.45. The fourth-order valence-electron chi connectivity index (χ4n) is 2.13. The van der Waals surface area contributed by atoms with Crippen LogP contribution < -0.4 is 5.32 Å². The Morgan fingerprint density at radius 3 is 2.82 bits per heavy atom. The summed E-state index contributed by atoms with van der Waals surface area (Å²) in [6.45, 7) is 8.70. The van der Waals surface area contributed by atoms with Gasteiger partial charge in [-0.15, -0.1) is 0 Å². The Morgan fingerprint density at radius 2 is 2.06 bits per heavy atom. The van der Waals surface area contributed by atoms with Gasteiger partial charge >= 0.3 is 0 Å². The van der Waals surface area contributed by atoms with Gasteiger partial charge in [0.15, 0.2) is 0 Å². The summed E-state index contributed by atoms with van der Waals surface area (Å²) in [6, 6.07) is 9.43. The van der Waals surface area contributed by atoms with E-state index in [9.17, 15) is 0 Å². The van der Waals surface area contributed by atoms with Crippen LogP contribution in [-0.4, -0.2) is 17.2 Å². The van der Waals surface area contributed by atoms with Gasteiger partial charge in [0.05, 0.1) is 0 Å². The Kier molecular flexibility index (Phi) is 3.85. The van der Waals surface area contributed by atoms with Crippen molar-refractivity contribution in [3.05, 3.63) is 36.0 Å². The van der Waals surface area contributed by atoms with Crippen molar-refractivity contribution in [3.8, 4) is 0 Å². The molecule has 0 aliphatic heterocycles. The predicted molar refractivity (Wildman–Crippen MR) is 74.4 cm³/mol. The average molecular weight is 230 g/mol. The highest BCUT2D eigenvalue weighted by atomic mass is 15.0. The topological polar surface area (TPSA) is 17.0 Å². The zero-order chi connectivity index (χ0) is 12.3. The Balaban J connectivity index is 2.01. The van der Waals surface area contributed by atoms with Crippen LogP contribution in [0.15, 0.2) is 30.5 Å². The molecule has 1 aromatic heterocycles. The fourth-order valence-corrected chi connectivity index (χ4v) is 2.13. The van der Waals surface area contributed by atoms with Crippen LogP contribution in [0.1, 0.15) is 25.8 Å². The van der Waals surface area contributed by atoms with Gasteiger partial charge in [0.1, 0.15) is 0 Å². The Labute approximate surface area is 104 Å². The van der Waals surface area contributed by atoms with Crippen LogP contribution in [0.4, 0.5) is 0 Å². The summed E-state index contributed by atoms with van der Waals surface area (Å²) in [5, 5.41) is 4.79. The Morgan fingerprint density at radius 1 is 1.24 bits per heavy atom. The number of hydrogen-bond donors (Lipinski definition) is 1. The van der Waals surface area contributed by atoms with Gasteiger partial charge in [0.25, 0.3) is 0 Å². The number of rotatable bonds is 5. The van der Waals surface area contributed by atoms with Crippen molar-refractivity contribution in [1.82, 2.24) is 9.88 Å². The molecule has 0 saturated carbocycles. The van der Waals surface area contributed by atoms with E-state index in [1.807, 2.05) is 0 Å². The summed E-state index contributed by atoms with van der Waals surface area (Å²) >= 11 is 0. The highest BCUT2D eigenvalue weighted by Gasteiger charge is 2.01. The van der Waals surface area contributed by atoms with Crippen molar-refractivity contribution in [3.63, 3.8) is 0 Å². The van der Waals surface area contributed by atoms with E-state index in [-0.39, 0.29) is 0 Å². The molecule has 2 rings (SSSR count). The van der Waals surface area contributed by atoms with Gasteiger partial charge in [-0.25, -0.2) is 0 Å². The molecule has 0 radical (unpaired) electrons. The minimum absolute atomic E-state index is 0.582. The van der Waals surface area contributed by atoms with Crippen molar-refractivity contribution in [2.24, 2.45) is 0 Å². The molecule has 1 aromatic carbocycles. The monoisotopic (exact) mass is 230 g/mol. The molecular formula is C15H22N2. The number of aromatic nitrogens is 1. The van der Waals surface area contributed by atoms with E-state index in [0.29, 0.717) is 6.04 Å². The summed E-state index contributed by atoms with van der Waals surface area (Å²) < 4.78 is 2.35. The summed E-state index contributed by atoms with van der Waals surface area (Å²) in [5.41, 5.74) is 2.69. The lowest BCUT2D eigenvalue weighted by Crippen LogP contribution is -2.24. The van der Waals surface area contributed by atoms with Gasteiger partial charge in [-0.05, 0) is 43.0 Å². The molecule has 0 aliphatic carbocycles. The minimum atomic E-state index is 0.582. The smallest absolute Gasteiger partial charge is 0.0482 e. The molecule has 2 aromatic rings. The van der Waals surface area contributed by atoms with Crippen molar-refractivity contribution >= 4 is 10.9 Å². The molecule has 2 heteroatoms. The number of hydrogen-bond acceptors (Lipinski definition) is 1. The lowest BCUT2D eigenvalue weighted by Gasteiger charge is -2.09. The standard InChI is InChI=1S/C15H22N2/c1-12(2)16-8-4-9-17-10-7-14-6-5-13(3)11-15(14)17/h5-7,10-12,16H,4,8-9H2,1-3H3. The average Bonchev–Trinajstić information content (AvgIpc) is 2.67. The van der Waals surface area contributed by atoms with Gasteiger partial charge in [-0.1, -0.05) is 26.0 Å². The van der Waals surface area contributed by atoms with E-state index in [0.717, 1.165) is 13.1 Å². The number of nitrogens with zero attached hydrogens (tertiary/aromatic N) is 1. The number of fused-ring (bicyclic) bond motifs is 1. The molecule has 0 saturated heterocycles. The van der Waals surface area contributed by atoms with Gasteiger partial charge in [-0.2, -0.15) is 0 Å². The van der Waals surface area contributed by atoms with Crippen molar-refractivity contribution in [2.75, 3.05) is 6.54 Å². The van der Waals surface area contributed by atoms with Crippen LogP contribution in [0, 0.1) is 6.92 Å². The fraction of sp³-hybridized carbons (Fsp3) is 0.467. The first-order valence-corrected chi connectivity index (χ1v) is 6.46. The third-order valence-corrected chi connectivity index (χ3v) is 3.06. The van der Waals surface area contributed by atoms with E-state index in [4.69, 9.17) is 0 Å². The van der Waals surface area contributed by atoms with E-state index in [2.05, 4.69) is 61.1 Å². The van der Waals surface area contributed by atoms with Gasteiger partial charge in [0, 0.05) is 24.3 Å². The van der Waals surface area contributed by atoms with Gasteiger partial charge in [0.2, 0.25) is 0 Å². The summed E-state index contributed by atoms with van der Waals surface area (Å²) in [6.07, 6.45) is 3.37. The first-order chi connectivity index (χ1) is 8.16. The second-order valence-electron chi connectivity index (χ2n) is 5.03. The summed E-state index contributed by atoms with van der Waals surface area (Å²) in [5.74, 6) is 0. The van der Waals surface area contributed by atoms with Gasteiger partial charge < -0.3 is 9.88 Å². The van der Waals surface area contributed by atoms with Crippen LogP contribution >= 0.6 is 0 Å². The second kappa shape index (κ2) is 5.37. The molecule has 0 aliphatic rings. The van der Waals surface area contributed by atoms with Crippen LogP contribution in [-0.2, 0) is 6.54 Å². The summed E-state index contributed by atoms with van der Waals surface area (Å²) in [7, 11) is 0. The van der Waals surface area contributed by atoms with E-state index in [1.165, 1.54) is 22.9 Å². The number of aryl methyl sites for hydroxylation is 2. The molecule has 0 atom stereocenters. The Hall–Kier alpha value is -1.28. The van der Waals surface area contributed by atoms with Crippen LogP contribution in [0.2, 0.25) is 0 Å². The zero-order valence-corrected chi connectivity index (χ0v) is 11.0. The normalized spacial score (nSPS) is 11.5. The van der Waals surface area contributed by atoms with Crippen molar-refractivity contribution in [2.45, 2.75) is 39.8 Å². The molecule has 1 heterocycles. The number of nitrogens with one attached hydrogen (secondary N) is 1. The van der Waals surface area contributed by atoms with Crippen molar-refractivity contribution in [1.29, 1.82) is 0 Å². The van der Waals surface area contributed by atoms with Crippen LogP contribution in [0.3, 0.4) is 0 Å². The maximum atomic E-state index is 3.45. The lowest BCUT2D eigenvalue weighted by molar-refractivity contribution is 0.541. The highest BCUT2D eigenvalue weighted by molar-refractivity contribution is 5.80. The largest absolute Gasteiger partial charge is 0.347 e. The summed E-state index contributed by atoms with van der Waals surface area (Å²) in [4.78, 5) is 0. The molecule has 0 fully saturated rings. The van der Waals surface area contributed by atoms with E-state index >= 15 is 0 Å². The third-order valence-electron chi connectivity index (χ3n) is 3.06. The molecule has 17 heavy (non-hydrogen) atoms. The minimum Gasteiger partial charge on any atom is -0.347 e. The van der Waals surface area contributed by atoms with Crippen LogP contribution in [0.25, 0.3) is 10.9 Å². The predicted octanol–water partition coefficient (Wildman–Crippen LogP) is 3.34. The molecule has 0 bridgehead atoms. The quantitative estimate of drug-likeness (QED) is 0.780. The SMILES string of the molecule is Cc1ccc2ccn(CCCNC(C)C)c2c1. The molecule has 92 valence electrons. The second-order valence-corrected chi connectivity index (χ2v) is 5.03. The molecule has 2 nitrogen and oxygen atoms in total. The maximum Gasteiger partial charge on any atom is 0.0482 e. The first-order valence-electron chi connectivity index (χ1n) is 6.46. The van der Waals surface area contributed by atoms with Gasteiger partial charge in [-0.3, -0.25) is 0 Å². The molecule has 0 spiro atoms. The molecular weight excluding hydrogens is 208 g/mol. The van der Waals surface area contributed by atoms with Crippen LogP contribution in [0.5, 0.6) is 0 Å². The van der Waals surface area contributed by atoms with E-state index < -0.39 is 0 Å². The van der Waals surface area contributed by atoms with E-state index in [1.54, 1.807) is 0 Å². The zero-order valence-electron chi connectivity index (χ0n) is 11.0. The third kappa shape index (κ3) is 3.10.